The van der Waals surface area contributed by atoms with E-state index in [0.717, 1.165) is 38.5 Å². The zero-order valence-electron chi connectivity index (χ0n) is 11.5. The van der Waals surface area contributed by atoms with Crippen molar-refractivity contribution < 1.29 is 10.2 Å². The van der Waals surface area contributed by atoms with E-state index in [0.29, 0.717) is 5.92 Å². The second kappa shape index (κ2) is 8.08. The van der Waals surface area contributed by atoms with Crippen molar-refractivity contribution in [2.75, 3.05) is 6.61 Å². The summed E-state index contributed by atoms with van der Waals surface area (Å²) in [5.41, 5.74) is -0.273. The fourth-order valence-corrected chi connectivity index (χ4v) is 2.34. The van der Waals surface area contributed by atoms with Crippen molar-refractivity contribution in [3.63, 3.8) is 0 Å². The molecule has 2 heteroatoms. The van der Waals surface area contributed by atoms with Crippen LogP contribution in [0.5, 0.6) is 0 Å². The maximum Gasteiger partial charge on any atom is 0.0618 e. The Kier molecular flexibility index (Phi) is 8.04. The molecular weight excluding hydrogens is 200 g/mol. The normalized spacial score (nSPS) is 19.1. The van der Waals surface area contributed by atoms with Gasteiger partial charge in [-0.2, -0.15) is 0 Å². The van der Waals surface area contributed by atoms with Gasteiger partial charge in [0.05, 0.1) is 12.7 Å². The summed E-state index contributed by atoms with van der Waals surface area (Å²) in [6.07, 6.45) is 5.52. The standard InChI is InChI=1S/C14H30O2/c1-5-8-9-13(16)14(7-3,11-15)10-12(4)6-2/h12-13,15-16H,5-11H2,1-4H3. The summed E-state index contributed by atoms with van der Waals surface area (Å²) in [5, 5.41) is 19.9. The molecule has 0 aromatic carbocycles. The van der Waals surface area contributed by atoms with Gasteiger partial charge in [-0.15, -0.1) is 0 Å². The van der Waals surface area contributed by atoms with Crippen molar-refractivity contribution in [1.82, 2.24) is 0 Å². The number of unbranched alkanes of at least 4 members (excludes halogenated alkanes) is 1. The molecule has 0 rings (SSSR count). The summed E-state index contributed by atoms with van der Waals surface area (Å²) in [6, 6.07) is 0. The Balaban J connectivity index is 4.51. The van der Waals surface area contributed by atoms with Gasteiger partial charge in [0.2, 0.25) is 0 Å². The third-order valence-electron chi connectivity index (χ3n) is 4.01. The average molecular weight is 230 g/mol. The van der Waals surface area contributed by atoms with Gasteiger partial charge in [-0.1, -0.05) is 47.0 Å². The molecule has 2 N–H and O–H groups in total. The number of hydrogen-bond acceptors (Lipinski definition) is 2. The highest BCUT2D eigenvalue weighted by atomic mass is 16.3. The van der Waals surface area contributed by atoms with Crippen LogP contribution in [-0.4, -0.2) is 22.9 Å². The largest absolute Gasteiger partial charge is 0.396 e. The summed E-state index contributed by atoms with van der Waals surface area (Å²) in [4.78, 5) is 0. The van der Waals surface area contributed by atoms with Gasteiger partial charge < -0.3 is 10.2 Å². The van der Waals surface area contributed by atoms with Gasteiger partial charge in [-0.25, -0.2) is 0 Å². The molecule has 0 bridgehead atoms. The van der Waals surface area contributed by atoms with E-state index in [9.17, 15) is 10.2 Å². The van der Waals surface area contributed by atoms with Crippen molar-refractivity contribution in [3.05, 3.63) is 0 Å². The van der Waals surface area contributed by atoms with Gasteiger partial charge in [-0.3, -0.25) is 0 Å². The second-order valence-electron chi connectivity index (χ2n) is 5.25. The molecule has 0 radical (unpaired) electrons. The minimum atomic E-state index is -0.351. The van der Waals surface area contributed by atoms with Crippen molar-refractivity contribution in [2.45, 2.75) is 72.3 Å². The molecule has 0 aliphatic carbocycles. The third kappa shape index (κ3) is 4.42. The van der Waals surface area contributed by atoms with Crippen LogP contribution in [0.1, 0.15) is 66.2 Å². The molecule has 0 aliphatic heterocycles. The van der Waals surface area contributed by atoms with E-state index in [1.54, 1.807) is 0 Å². The monoisotopic (exact) mass is 230 g/mol. The van der Waals surface area contributed by atoms with E-state index in [1.807, 2.05) is 0 Å². The highest BCUT2D eigenvalue weighted by Gasteiger charge is 2.36. The minimum Gasteiger partial charge on any atom is -0.396 e. The highest BCUT2D eigenvalue weighted by molar-refractivity contribution is 4.86. The molecule has 0 saturated heterocycles. The molecule has 0 fully saturated rings. The molecular formula is C14H30O2. The number of hydrogen-bond donors (Lipinski definition) is 2. The van der Waals surface area contributed by atoms with Gasteiger partial charge >= 0.3 is 0 Å². The molecule has 0 aromatic heterocycles. The van der Waals surface area contributed by atoms with Gasteiger partial charge in [0.25, 0.3) is 0 Å². The Bertz CT molecular complexity index is 164. The maximum absolute atomic E-state index is 10.3. The second-order valence-corrected chi connectivity index (χ2v) is 5.25. The first-order valence-corrected chi connectivity index (χ1v) is 6.85. The number of rotatable bonds is 9. The maximum atomic E-state index is 10.3. The van der Waals surface area contributed by atoms with Gasteiger partial charge in [0.15, 0.2) is 0 Å². The molecule has 2 nitrogen and oxygen atoms in total. The van der Waals surface area contributed by atoms with Crippen molar-refractivity contribution in [3.8, 4) is 0 Å². The summed E-state index contributed by atoms with van der Waals surface area (Å²) < 4.78 is 0. The summed E-state index contributed by atoms with van der Waals surface area (Å²) >= 11 is 0. The number of aliphatic hydroxyl groups excluding tert-OH is 2. The summed E-state index contributed by atoms with van der Waals surface area (Å²) in [5.74, 6) is 0.573. The first-order valence-electron chi connectivity index (χ1n) is 6.85. The lowest BCUT2D eigenvalue weighted by atomic mass is 9.72. The minimum absolute atomic E-state index is 0.110. The molecule has 0 aliphatic rings. The zero-order chi connectivity index (χ0) is 12.6. The lowest BCUT2D eigenvalue weighted by Crippen LogP contribution is -2.39. The van der Waals surface area contributed by atoms with Crippen LogP contribution in [0.3, 0.4) is 0 Å². The molecule has 0 heterocycles. The highest BCUT2D eigenvalue weighted by Crippen LogP contribution is 2.36. The Hall–Kier alpha value is -0.0800. The Morgan fingerprint density at radius 3 is 2.19 bits per heavy atom. The predicted octanol–water partition coefficient (Wildman–Crippen LogP) is 3.36. The lowest BCUT2D eigenvalue weighted by Gasteiger charge is -2.38. The topological polar surface area (TPSA) is 40.5 Å². The zero-order valence-corrected chi connectivity index (χ0v) is 11.5. The van der Waals surface area contributed by atoms with Crippen LogP contribution in [0, 0.1) is 11.3 Å². The lowest BCUT2D eigenvalue weighted by molar-refractivity contribution is -0.0410. The van der Waals surface area contributed by atoms with Gasteiger partial charge in [-0.05, 0) is 25.2 Å². The van der Waals surface area contributed by atoms with E-state index < -0.39 is 0 Å². The fourth-order valence-electron chi connectivity index (χ4n) is 2.34. The molecule has 0 amide bonds. The Morgan fingerprint density at radius 1 is 1.19 bits per heavy atom. The van der Waals surface area contributed by atoms with E-state index in [1.165, 1.54) is 0 Å². The molecule has 0 saturated carbocycles. The SMILES string of the molecule is CCCCC(O)C(CC)(CO)CC(C)CC. The van der Waals surface area contributed by atoms with E-state index in [-0.39, 0.29) is 18.1 Å². The third-order valence-corrected chi connectivity index (χ3v) is 4.01. The van der Waals surface area contributed by atoms with Gasteiger partial charge in [0, 0.05) is 5.41 Å². The first-order chi connectivity index (χ1) is 7.56. The van der Waals surface area contributed by atoms with Crippen LogP contribution in [0.2, 0.25) is 0 Å². The molecule has 98 valence electrons. The van der Waals surface area contributed by atoms with Crippen molar-refractivity contribution >= 4 is 0 Å². The summed E-state index contributed by atoms with van der Waals surface area (Å²) in [6.45, 7) is 8.69. The average Bonchev–Trinajstić information content (AvgIpc) is 2.32. The molecule has 3 atom stereocenters. The van der Waals surface area contributed by atoms with E-state index >= 15 is 0 Å². The Morgan fingerprint density at radius 2 is 1.81 bits per heavy atom. The molecule has 3 unspecified atom stereocenters. The number of aliphatic hydroxyl groups is 2. The molecule has 0 aromatic rings. The van der Waals surface area contributed by atoms with Crippen LogP contribution in [0.25, 0.3) is 0 Å². The predicted molar refractivity (Wildman–Crippen MR) is 69.4 cm³/mol. The summed E-state index contributed by atoms with van der Waals surface area (Å²) in [7, 11) is 0. The van der Waals surface area contributed by atoms with Crippen LogP contribution in [-0.2, 0) is 0 Å². The van der Waals surface area contributed by atoms with Crippen LogP contribution in [0.4, 0.5) is 0 Å². The van der Waals surface area contributed by atoms with Crippen LogP contribution in [0.15, 0.2) is 0 Å². The first kappa shape index (κ1) is 15.9. The van der Waals surface area contributed by atoms with E-state index in [4.69, 9.17) is 0 Å². The van der Waals surface area contributed by atoms with E-state index in [2.05, 4.69) is 27.7 Å². The fraction of sp³-hybridized carbons (Fsp3) is 1.00. The van der Waals surface area contributed by atoms with Crippen molar-refractivity contribution in [1.29, 1.82) is 0 Å². The van der Waals surface area contributed by atoms with Crippen LogP contribution >= 0.6 is 0 Å². The molecule has 16 heavy (non-hydrogen) atoms. The van der Waals surface area contributed by atoms with Gasteiger partial charge in [0.1, 0.15) is 0 Å². The Labute approximate surface area is 101 Å². The smallest absolute Gasteiger partial charge is 0.0618 e. The molecule has 0 spiro atoms. The van der Waals surface area contributed by atoms with Crippen LogP contribution < -0.4 is 0 Å². The quantitative estimate of drug-likeness (QED) is 0.637. The van der Waals surface area contributed by atoms with Crippen molar-refractivity contribution in [2.24, 2.45) is 11.3 Å².